The van der Waals surface area contributed by atoms with Crippen molar-refractivity contribution < 1.29 is 99.5 Å². The molecule has 3 aromatic rings. The number of allylic oxidation sites excluding steroid dienone is 6. The summed E-state index contributed by atoms with van der Waals surface area (Å²) in [5.41, 5.74) is -6.28. The van der Waals surface area contributed by atoms with Crippen LogP contribution in [0.3, 0.4) is 0 Å². The molecule has 0 aliphatic rings. The Morgan fingerprint density at radius 3 is 0.596 bits per heavy atom. The van der Waals surface area contributed by atoms with Crippen LogP contribution < -0.4 is 0 Å². The standard InChI is InChI=1S/3C10H7F4NO2.Fe/c3*1-3(16)5(4(2)17)6-7(11)9(13)15-10(14)8(6)12;/h3*16H,1-2H3;/b3*5-3+;. The van der Waals surface area contributed by atoms with Crippen LogP contribution in [-0.2, 0) is 31.5 Å². The van der Waals surface area contributed by atoms with Crippen LogP contribution in [0.25, 0.3) is 16.7 Å². The summed E-state index contributed by atoms with van der Waals surface area (Å²) in [5, 5.41) is 27.4. The molecular formula is C30H21F12FeN3O6. The largest absolute Gasteiger partial charge is 0.512 e. The average molecular weight is 803 g/mol. The van der Waals surface area contributed by atoms with Crippen molar-refractivity contribution in [1.82, 2.24) is 15.0 Å². The van der Waals surface area contributed by atoms with Gasteiger partial charge in [-0.05, 0) is 41.5 Å². The van der Waals surface area contributed by atoms with Crippen LogP contribution in [0.4, 0.5) is 52.7 Å². The first-order valence-corrected chi connectivity index (χ1v) is 13.1. The molecule has 0 aliphatic carbocycles. The van der Waals surface area contributed by atoms with E-state index >= 15 is 0 Å². The summed E-state index contributed by atoms with van der Waals surface area (Å²) in [6.45, 7) is 5.57. The van der Waals surface area contributed by atoms with Crippen molar-refractivity contribution in [2.75, 3.05) is 0 Å². The van der Waals surface area contributed by atoms with Crippen molar-refractivity contribution in [3.8, 4) is 0 Å². The van der Waals surface area contributed by atoms with Crippen molar-refractivity contribution in [2.45, 2.75) is 41.5 Å². The molecule has 0 atom stereocenters. The minimum absolute atomic E-state index is 0. The van der Waals surface area contributed by atoms with Crippen LogP contribution in [0.15, 0.2) is 17.3 Å². The number of nitrogens with zero attached hydrogens (tertiary/aromatic N) is 3. The molecule has 0 spiro atoms. The molecule has 0 saturated heterocycles. The van der Waals surface area contributed by atoms with Crippen LogP contribution >= 0.6 is 0 Å². The van der Waals surface area contributed by atoms with E-state index in [1.165, 1.54) is 0 Å². The number of pyridine rings is 3. The third-order valence-electron chi connectivity index (χ3n) is 5.88. The number of hydrogen-bond acceptors (Lipinski definition) is 9. The van der Waals surface area contributed by atoms with Gasteiger partial charge in [0.2, 0.25) is 0 Å². The van der Waals surface area contributed by atoms with E-state index in [2.05, 4.69) is 15.0 Å². The van der Waals surface area contributed by atoms with Gasteiger partial charge in [0.05, 0.1) is 33.4 Å². The van der Waals surface area contributed by atoms with Crippen molar-refractivity contribution in [3.63, 3.8) is 0 Å². The Balaban J connectivity index is 0.000000743. The van der Waals surface area contributed by atoms with E-state index in [-0.39, 0.29) is 17.1 Å². The van der Waals surface area contributed by atoms with E-state index in [9.17, 15) is 67.1 Å². The summed E-state index contributed by atoms with van der Waals surface area (Å²) in [5.74, 6) is -27.4. The number of carbonyl (C=O) groups is 3. The van der Waals surface area contributed by atoms with Crippen LogP contribution in [-0.4, -0.2) is 47.6 Å². The second-order valence-electron chi connectivity index (χ2n) is 9.64. The number of aliphatic hydroxyl groups excluding tert-OH is 3. The van der Waals surface area contributed by atoms with Gasteiger partial charge < -0.3 is 15.3 Å². The number of rotatable bonds is 6. The molecule has 0 radical (unpaired) electrons. The van der Waals surface area contributed by atoms with E-state index in [1.54, 1.807) is 0 Å². The van der Waals surface area contributed by atoms with Gasteiger partial charge in [0, 0.05) is 17.1 Å². The first kappa shape index (κ1) is 46.8. The monoisotopic (exact) mass is 803 g/mol. The zero-order valence-corrected chi connectivity index (χ0v) is 27.9. The van der Waals surface area contributed by atoms with E-state index in [0.29, 0.717) is 0 Å². The second-order valence-corrected chi connectivity index (χ2v) is 9.64. The molecule has 3 heterocycles. The van der Waals surface area contributed by atoms with E-state index in [0.717, 1.165) is 41.5 Å². The van der Waals surface area contributed by atoms with Crippen molar-refractivity contribution >= 4 is 34.1 Å². The number of ketones is 3. The predicted molar refractivity (Wildman–Crippen MR) is 150 cm³/mol. The summed E-state index contributed by atoms with van der Waals surface area (Å²) < 4.78 is 156. The number of Topliss-reactive ketones (excluding diaryl/α,β-unsaturated/α-hetero) is 3. The number of hydrogen-bond donors (Lipinski definition) is 3. The molecule has 0 saturated carbocycles. The maximum Gasteiger partial charge on any atom is 0.252 e. The maximum absolute atomic E-state index is 13.3. The summed E-state index contributed by atoms with van der Waals surface area (Å²) >= 11 is 0. The molecular weight excluding hydrogens is 782 g/mol. The normalized spacial score (nSPS) is 12.1. The second kappa shape index (κ2) is 18.8. The fourth-order valence-electron chi connectivity index (χ4n) is 3.95. The number of aromatic nitrogens is 3. The van der Waals surface area contributed by atoms with Crippen LogP contribution in [0, 0.1) is 70.6 Å². The van der Waals surface area contributed by atoms with Gasteiger partial charge in [-0.15, -0.1) is 0 Å². The first-order valence-electron chi connectivity index (χ1n) is 13.1. The fourth-order valence-corrected chi connectivity index (χ4v) is 3.95. The van der Waals surface area contributed by atoms with Crippen molar-refractivity contribution in [2.24, 2.45) is 0 Å². The van der Waals surface area contributed by atoms with Gasteiger partial charge in [-0.1, -0.05) is 0 Å². The zero-order chi connectivity index (χ0) is 40.0. The molecule has 0 unspecified atom stereocenters. The van der Waals surface area contributed by atoms with E-state index < -0.39 is 139 Å². The summed E-state index contributed by atoms with van der Waals surface area (Å²) in [7, 11) is 0. The Bertz CT molecular complexity index is 1720. The average Bonchev–Trinajstić information content (AvgIpc) is 2.99. The fraction of sp³-hybridized carbons (Fsp3) is 0.200. The molecule has 284 valence electrons. The number of halogens is 12. The maximum atomic E-state index is 13.3. The Morgan fingerprint density at radius 1 is 0.365 bits per heavy atom. The molecule has 3 rings (SSSR count). The molecule has 3 aromatic heterocycles. The number of carbonyl (C=O) groups excluding carboxylic acids is 3. The zero-order valence-electron chi connectivity index (χ0n) is 26.8. The van der Waals surface area contributed by atoms with E-state index in [4.69, 9.17) is 15.3 Å². The molecule has 3 N–H and O–H groups in total. The Hall–Kier alpha value is -5.24. The molecule has 52 heavy (non-hydrogen) atoms. The summed E-state index contributed by atoms with van der Waals surface area (Å²) in [4.78, 5) is 40.3. The topological polar surface area (TPSA) is 151 Å². The summed E-state index contributed by atoms with van der Waals surface area (Å²) in [6, 6.07) is 0. The molecule has 22 heteroatoms. The van der Waals surface area contributed by atoms with Gasteiger partial charge in [0.15, 0.2) is 52.3 Å². The van der Waals surface area contributed by atoms with Crippen LogP contribution in [0.5, 0.6) is 0 Å². The smallest absolute Gasteiger partial charge is 0.252 e. The Kier molecular flexibility index (Phi) is 16.9. The minimum atomic E-state index is -1.89. The Labute approximate surface area is 294 Å². The van der Waals surface area contributed by atoms with Gasteiger partial charge in [-0.25, -0.2) is 26.3 Å². The third kappa shape index (κ3) is 10.4. The molecule has 0 bridgehead atoms. The molecule has 0 aromatic carbocycles. The first-order chi connectivity index (χ1) is 23.3. The summed E-state index contributed by atoms with van der Waals surface area (Å²) in [6.07, 6.45) is 0. The third-order valence-corrected chi connectivity index (χ3v) is 5.88. The Morgan fingerprint density at radius 2 is 0.500 bits per heavy atom. The minimum Gasteiger partial charge on any atom is -0.512 e. The van der Waals surface area contributed by atoms with Crippen LogP contribution in [0.2, 0.25) is 0 Å². The number of aliphatic hydroxyl groups is 3. The van der Waals surface area contributed by atoms with Crippen LogP contribution in [0.1, 0.15) is 58.2 Å². The van der Waals surface area contributed by atoms with Gasteiger partial charge in [-0.3, -0.25) is 14.4 Å². The molecule has 0 amide bonds. The molecule has 0 fully saturated rings. The molecule has 0 aliphatic heterocycles. The molecule has 9 nitrogen and oxygen atoms in total. The van der Waals surface area contributed by atoms with Gasteiger partial charge in [0.1, 0.15) is 17.3 Å². The van der Waals surface area contributed by atoms with Gasteiger partial charge in [-0.2, -0.15) is 41.3 Å². The SMILES string of the molecule is CC(=O)/C(=C(/C)O)c1c(F)c(F)nc(F)c1F.CC(=O)/C(=C(/C)O)c1c(F)c(F)nc(F)c1F.CC(=O)/C(=C(/C)O)c1c(F)c(F)nc(F)c1F.[Fe]. The van der Waals surface area contributed by atoms with Gasteiger partial charge in [0.25, 0.3) is 35.7 Å². The van der Waals surface area contributed by atoms with Gasteiger partial charge >= 0.3 is 0 Å². The quantitative estimate of drug-likeness (QED) is 0.0755. The van der Waals surface area contributed by atoms with Crippen molar-refractivity contribution in [3.05, 3.63) is 105 Å². The predicted octanol–water partition coefficient (Wildman–Crippen LogP) is 7.55. The van der Waals surface area contributed by atoms with Crippen molar-refractivity contribution in [1.29, 1.82) is 0 Å². The van der Waals surface area contributed by atoms with E-state index in [1.807, 2.05) is 0 Å².